The SMILES string of the molecule is O=C(NCCC#Cc1ccc(C(F)(F)F)nc1)OCc1ccccc1. The highest BCUT2D eigenvalue weighted by atomic mass is 19.4. The zero-order chi connectivity index (χ0) is 18.1. The molecule has 0 unspecified atom stereocenters. The molecule has 4 nitrogen and oxygen atoms in total. The van der Waals surface area contributed by atoms with Gasteiger partial charge in [0, 0.05) is 24.7 Å². The van der Waals surface area contributed by atoms with Crippen LogP contribution in [0, 0.1) is 11.8 Å². The van der Waals surface area contributed by atoms with Crippen molar-refractivity contribution in [2.75, 3.05) is 6.54 Å². The molecule has 0 atom stereocenters. The smallest absolute Gasteiger partial charge is 0.433 e. The van der Waals surface area contributed by atoms with Crippen LogP contribution in [-0.2, 0) is 17.5 Å². The Labute approximate surface area is 143 Å². The summed E-state index contributed by atoms with van der Waals surface area (Å²) in [5.41, 5.74) is 0.299. The zero-order valence-electron chi connectivity index (χ0n) is 13.1. The summed E-state index contributed by atoms with van der Waals surface area (Å²) < 4.78 is 42.1. The number of pyridine rings is 1. The molecular formula is C18H15F3N2O2. The van der Waals surface area contributed by atoms with Crippen molar-refractivity contribution < 1.29 is 22.7 Å². The molecule has 0 aliphatic carbocycles. The van der Waals surface area contributed by atoms with Crippen LogP contribution >= 0.6 is 0 Å². The maximum absolute atomic E-state index is 12.4. The molecule has 0 saturated carbocycles. The molecule has 0 fully saturated rings. The number of ether oxygens (including phenoxy) is 1. The van der Waals surface area contributed by atoms with Gasteiger partial charge in [0.25, 0.3) is 0 Å². The number of rotatable bonds is 4. The predicted molar refractivity (Wildman–Crippen MR) is 85.4 cm³/mol. The van der Waals surface area contributed by atoms with Crippen molar-refractivity contribution in [1.29, 1.82) is 0 Å². The van der Waals surface area contributed by atoms with Gasteiger partial charge in [0.1, 0.15) is 12.3 Å². The van der Waals surface area contributed by atoms with Gasteiger partial charge in [0.05, 0.1) is 0 Å². The van der Waals surface area contributed by atoms with Gasteiger partial charge in [-0.15, -0.1) is 0 Å². The van der Waals surface area contributed by atoms with Crippen LogP contribution < -0.4 is 5.32 Å². The summed E-state index contributed by atoms with van der Waals surface area (Å²) in [5, 5.41) is 2.54. The maximum atomic E-state index is 12.4. The Kier molecular flexibility index (Phi) is 6.40. The van der Waals surface area contributed by atoms with E-state index in [4.69, 9.17) is 4.74 Å². The summed E-state index contributed by atoms with van der Waals surface area (Å²) in [4.78, 5) is 14.8. The van der Waals surface area contributed by atoms with Gasteiger partial charge in [0.15, 0.2) is 0 Å². The van der Waals surface area contributed by atoms with Crippen molar-refractivity contribution in [2.24, 2.45) is 0 Å². The van der Waals surface area contributed by atoms with Crippen LogP contribution in [0.5, 0.6) is 0 Å². The molecule has 0 radical (unpaired) electrons. The summed E-state index contributed by atoms with van der Waals surface area (Å²) in [5.74, 6) is 5.43. The largest absolute Gasteiger partial charge is 0.445 e. The third kappa shape index (κ3) is 6.55. The van der Waals surface area contributed by atoms with E-state index in [1.807, 2.05) is 30.3 Å². The van der Waals surface area contributed by atoms with E-state index in [1.54, 1.807) is 0 Å². The fourth-order valence-corrected chi connectivity index (χ4v) is 1.80. The quantitative estimate of drug-likeness (QED) is 0.676. The van der Waals surface area contributed by atoms with Crippen LogP contribution in [0.25, 0.3) is 0 Å². The lowest BCUT2D eigenvalue weighted by atomic mass is 10.2. The minimum absolute atomic E-state index is 0.176. The van der Waals surface area contributed by atoms with E-state index in [0.717, 1.165) is 17.8 Å². The number of hydrogen-bond acceptors (Lipinski definition) is 3. The molecule has 0 aliphatic rings. The van der Waals surface area contributed by atoms with Crippen LogP contribution in [0.4, 0.5) is 18.0 Å². The number of hydrogen-bond donors (Lipinski definition) is 1. The third-order valence-electron chi connectivity index (χ3n) is 3.02. The van der Waals surface area contributed by atoms with Gasteiger partial charge in [0.2, 0.25) is 0 Å². The molecule has 130 valence electrons. The molecule has 1 heterocycles. The summed E-state index contributed by atoms with van der Waals surface area (Å²) >= 11 is 0. The first-order valence-corrected chi connectivity index (χ1v) is 7.42. The van der Waals surface area contributed by atoms with Gasteiger partial charge in [-0.1, -0.05) is 42.2 Å². The van der Waals surface area contributed by atoms with E-state index < -0.39 is 18.0 Å². The lowest BCUT2D eigenvalue weighted by molar-refractivity contribution is -0.141. The normalized spacial score (nSPS) is 10.5. The second-order valence-corrected chi connectivity index (χ2v) is 4.97. The topological polar surface area (TPSA) is 51.2 Å². The van der Waals surface area contributed by atoms with E-state index in [1.165, 1.54) is 6.07 Å². The Hall–Kier alpha value is -3.01. The average molecular weight is 348 g/mol. The van der Waals surface area contributed by atoms with Crippen molar-refractivity contribution in [2.45, 2.75) is 19.2 Å². The molecule has 0 bridgehead atoms. The van der Waals surface area contributed by atoms with Crippen LogP contribution in [-0.4, -0.2) is 17.6 Å². The number of halogens is 3. The van der Waals surface area contributed by atoms with Crippen molar-refractivity contribution >= 4 is 6.09 Å². The zero-order valence-corrected chi connectivity index (χ0v) is 13.1. The van der Waals surface area contributed by atoms with Crippen LogP contribution in [0.15, 0.2) is 48.7 Å². The lowest BCUT2D eigenvalue weighted by Crippen LogP contribution is -2.24. The number of nitrogens with one attached hydrogen (secondary N) is 1. The molecule has 0 saturated heterocycles. The fraction of sp³-hybridized carbons (Fsp3) is 0.222. The van der Waals surface area contributed by atoms with Gasteiger partial charge < -0.3 is 10.1 Å². The number of alkyl halides is 3. The number of benzene rings is 1. The molecule has 0 aliphatic heterocycles. The predicted octanol–water partition coefficient (Wildman–Crippen LogP) is 3.77. The lowest BCUT2D eigenvalue weighted by Gasteiger charge is -2.05. The van der Waals surface area contributed by atoms with Gasteiger partial charge in [-0.25, -0.2) is 4.79 Å². The van der Waals surface area contributed by atoms with E-state index >= 15 is 0 Å². The monoisotopic (exact) mass is 348 g/mol. The van der Waals surface area contributed by atoms with Gasteiger partial charge >= 0.3 is 12.3 Å². The number of nitrogens with zero attached hydrogens (tertiary/aromatic N) is 1. The van der Waals surface area contributed by atoms with Crippen LogP contribution in [0.3, 0.4) is 0 Å². The second-order valence-electron chi connectivity index (χ2n) is 4.97. The molecule has 1 aromatic heterocycles. The maximum Gasteiger partial charge on any atom is 0.433 e. The molecule has 0 spiro atoms. The minimum atomic E-state index is -4.46. The van der Waals surface area contributed by atoms with Gasteiger partial charge in [-0.3, -0.25) is 4.98 Å². The summed E-state index contributed by atoms with van der Waals surface area (Å²) in [6, 6.07) is 11.4. The molecule has 1 aromatic carbocycles. The molecule has 2 rings (SSSR count). The molecule has 1 amide bonds. The minimum Gasteiger partial charge on any atom is -0.445 e. The van der Waals surface area contributed by atoms with E-state index in [2.05, 4.69) is 22.1 Å². The Morgan fingerprint density at radius 2 is 1.92 bits per heavy atom. The molecule has 25 heavy (non-hydrogen) atoms. The fourth-order valence-electron chi connectivity index (χ4n) is 1.80. The number of alkyl carbamates (subject to hydrolysis) is 1. The molecule has 2 aromatic rings. The standard InChI is InChI=1S/C18H15F3N2O2/c19-18(20,21)16-10-9-14(12-23-16)6-4-5-11-22-17(24)25-13-15-7-2-1-3-8-15/h1-3,7-10,12H,5,11,13H2,(H,22,24). The molecule has 1 N–H and O–H groups in total. The summed E-state index contributed by atoms with van der Waals surface area (Å²) in [7, 11) is 0. The van der Waals surface area contributed by atoms with E-state index in [-0.39, 0.29) is 13.2 Å². The van der Waals surface area contributed by atoms with E-state index in [9.17, 15) is 18.0 Å². The highest BCUT2D eigenvalue weighted by Gasteiger charge is 2.31. The summed E-state index contributed by atoms with van der Waals surface area (Å²) in [6.07, 6.45) is -3.61. The molecule has 7 heteroatoms. The van der Waals surface area contributed by atoms with E-state index in [0.29, 0.717) is 12.0 Å². The number of carbonyl (C=O) groups excluding carboxylic acids is 1. The van der Waals surface area contributed by atoms with Gasteiger partial charge in [-0.2, -0.15) is 13.2 Å². The first-order valence-electron chi connectivity index (χ1n) is 7.42. The second kappa shape index (κ2) is 8.73. The number of amides is 1. The van der Waals surface area contributed by atoms with Crippen molar-refractivity contribution in [1.82, 2.24) is 10.3 Å². The van der Waals surface area contributed by atoms with Crippen molar-refractivity contribution in [3.8, 4) is 11.8 Å². The first-order chi connectivity index (χ1) is 11.9. The number of carbonyl (C=O) groups is 1. The van der Waals surface area contributed by atoms with Gasteiger partial charge in [-0.05, 0) is 17.7 Å². The number of aromatic nitrogens is 1. The summed E-state index contributed by atoms with van der Waals surface area (Å²) in [6.45, 7) is 0.449. The third-order valence-corrected chi connectivity index (χ3v) is 3.02. The highest BCUT2D eigenvalue weighted by Crippen LogP contribution is 2.26. The Morgan fingerprint density at radius 3 is 2.56 bits per heavy atom. The van der Waals surface area contributed by atoms with Crippen molar-refractivity contribution in [3.63, 3.8) is 0 Å². The van der Waals surface area contributed by atoms with Crippen molar-refractivity contribution in [3.05, 3.63) is 65.5 Å². The first kappa shape index (κ1) is 18.3. The Morgan fingerprint density at radius 1 is 1.16 bits per heavy atom. The van der Waals surface area contributed by atoms with Crippen LogP contribution in [0.2, 0.25) is 0 Å². The van der Waals surface area contributed by atoms with Crippen LogP contribution in [0.1, 0.15) is 23.2 Å². The highest BCUT2D eigenvalue weighted by molar-refractivity contribution is 5.67. The Balaban J connectivity index is 1.69. The Bertz CT molecular complexity index is 748. The average Bonchev–Trinajstić information content (AvgIpc) is 2.60. The molecular weight excluding hydrogens is 333 g/mol.